The average Bonchev–Trinajstić information content (AvgIpc) is 3.20. The monoisotopic (exact) mass is 455 g/mol. The number of nitrogens with one attached hydrogen (secondary N) is 1. The van der Waals surface area contributed by atoms with Gasteiger partial charge >= 0.3 is 6.18 Å². The molecule has 0 aliphatic heterocycles. The van der Waals surface area contributed by atoms with Crippen molar-refractivity contribution >= 4 is 33.4 Å². The lowest BCUT2D eigenvalue weighted by atomic mass is 10.1. The van der Waals surface area contributed by atoms with Gasteiger partial charge in [-0.2, -0.15) is 13.2 Å². The summed E-state index contributed by atoms with van der Waals surface area (Å²) in [4.78, 5) is 28.3. The predicted octanol–water partition coefficient (Wildman–Crippen LogP) is 5.01. The smallest absolute Gasteiger partial charge is 0.366 e. The van der Waals surface area contributed by atoms with E-state index in [1.165, 1.54) is 23.5 Å². The van der Waals surface area contributed by atoms with Gasteiger partial charge < -0.3 is 11.1 Å². The maximum Gasteiger partial charge on any atom is 0.416 e. The second-order valence-electron chi connectivity index (χ2n) is 7.02. The van der Waals surface area contributed by atoms with E-state index in [-0.39, 0.29) is 6.54 Å². The topological polar surface area (TPSA) is 85.1 Å². The number of halogens is 3. The van der Waals surface area contributed by atoms with Gasteiger partial charge in [-0.05, 0) is 48.0 Å². The third kappa shape index (κ3) is 4.62. The molecule has 32 heavy (non-hydrogen) atoms. The van der Waals surface area contributed by atoms with Crippen molar-refractivity contribution < 1.29 is 22.8 Å². The molecule has 0 saturated carbocycles. The third-order valence-electron chi connectivity index (χ3n) is 4.77. The Kier molecular flexibility index (Phi) is 5.67. The van der Waals surface area contributed by atoms with Gasteiger partial charge in [0, 0.05) is 23.2 Å². The van der Waals surface area contributed by atoms with Crippen LogP contribution in [0.2, 0.25) is 0 Å². The Balaban J connectivity index is 1.50. The lowest BCUT2D eigenvalue weighted by Gasteiger charge is -2.09. The Morgan fingerprint density at radius 2 is 1.69 bits per heavy atom. The summed E-state index contributed by atoms with van der Waals surface area (Å²) in [6, 6.07) is 16.6. The number of hydrogen-bond acceptors (Lipinski definition) is 4. The minimum atomic E-state index is -4.44. The van der Waals surface area contributed by atoms with Crippen LogP contribution < -0.4 is 11.1 Å². The van der Waals surface area contributed by atoms with Crippen molar-refractivity contribution in [2.24, 2.45) is 5.73 Å². The molecule has 5 nitrogen and oxygen atoms in total. The van der Waals surface area contributed by atoms with Crippen LogP contribution in [0.4, 0.5) is 13.2 Å². The molecule has 1 aromatic heterocycles. The van der Waals surface area contributed by atoms with E-state index in [4.69, 9.17) is 5.73 Å². The molecule has 9 heteroatoms. The molecule has 0 fully saturated rings. The molecule has 0 unspecified atom stereocenters. The number of amides is 2. The molecule has 3 N–H and O–H groups in total. The molecule has 0 radical (unpaired) electrons. The lowest BCUT2D eigenvalue weighted by molar-refractivity contribution is -0.137. The molecule has 4 aromatic rings. The second-order valence-corrected chi connectivity index (χ2v) is 8.05. The number of alkyl halides is 3. The summed E-state index contributed by atoms with van der Waals surface area (Å²) in [7, 11) is 0. The van der Waals surface area contributed by atoms with Crippen molar-refractivity contribution in [2.75, 3.05) is 0 Å². The molecule has 2 amide bonds. The number of rotatable bonds is 5. The molecule has 1 heterocycles. The Hall–Kier alpha value is -3.72. The Bertz CT molecular complexity index is 1310. The highest BCUT2D eigenvalue weighted by Crippen LogP contribution is 2.31. The van der Waals surface area contributed by atoms with Crippen LogP contribution in [-0.2, 0) is 12.7 Å². The number of aromatic nitrogens is 1. The summed E-state index contributed by atoms with van der Waals surface area (Å²) < 4.78 is 39.3. The number of fused-ring (bicyclic) bond motifs is 1. The van der Waals surface area contributed by atoms with Gasteiger partial charge in [-0.25, -0.2) is 4.98 Å². The van der Waals surface area contributed by atoms with Crippen LogP contribution in [0.15, 0.2) is 66.7 Å². The van der Waals surface area contributed by atoms with Crippen LogP contribution in [0.25, 0.3) is 20.8 Å². The molecular weight excluding hydrogens is 439 g/mol. The molecule has 0 aliphatic rings. The standard InChI is InChI=1S/C23H16F3N3O2S/c24-23(25,26)17-3-1-2-13(10-17)12-28-21(31)16-8-9-18-19(11-16)32-22(29-18)15-6-4-14(5-7-15)20(27)30/h1-11H,12H2,(H2,27,30)(H,28,31). The van der Waals surface area contributed by atoms with Crippen LogP contribution in [0.3, 0.4) is 0 Å². The number of carbonyl (C=O) groups excluding carboxylic acids is 2. The summed E-state index contributed by atoms with van der Waals surface area (Å²) in [5.74, 6) is -0.910. The summed E-state index contributed by atoms with van der Waals surface area (Å²) >= 11 is 1.38. The number of primary amides is 1. The SMILES string of the molecule is NC(=O)c1ccc(-c2nc3ccc(C(=O)NCc4cccc(C(F)(F)F)c4)cc3s2)cc1. The average molecular weight is 455 g/mol. The van der Waals surface area contributed by atoms with Crippen molar-refractivity contribution in [2.45, 2.75) is 12.7 Å². The molecule has 0 spiro atoms. The number of nitrogens with two attached hydrogens (primary N) is 1. The van der Waals surface area contributed by atoms with E-state index < -0.39 is 23.6 Å². The number of thiazole rings is 1. The largest absolute Gasteiger partial charge is 0.416 e. The summed E-state index contributed by atoms with van der Waals surface area (Å²) in [6.07, 6.45) is -4.44. The highest BCUT2D eigenvalue weighted by atomic mass is 32.1. The molecule has 3 aromatic carbocycles. The Labute approximate surface area is 184 Å². The van der Waals surface area contributed by atoms with Crippen LogP contribution in [0.1, 0.15) is 31.8 Å². The van der Waals surface area contributed by atoms with E-state index in [0.717, 1.165) is 27.4 Å². The number of nitrogens with zero attached hydrogens (tertiary/aromatic N) is 1. The summed E-state index contributed by atoms with van der Waals surface area (Å²) in [6.45, 7) is -0.0268. The van der Waals surface area contributed by atoms with E-state index in [0.29, 0.717) is 22.2 Å². The van der Waals surface area contributed by atoms with Crippen molar-refractivity contribution in [1.29, 1.82) is 0 Å². The fraction of sp³-hybridized carbons (Fsp3) is 0.0870. The Morgan fingerprint density at radius 3 is 2.38 bits per heavy atom. The number of carbonyl (C=O) groups is 2. The van der Waals surface area contributed by atoms with Crippen molar-refractivity contribution in [3.05, 3.63) is 89.0 Å². The van der Waals surface area contributed by atoms with Crippen molar-refractivity contribution in [3.8, 4) is 10.6 Å². The van der Waals surface area contributed by atoms with E-state index in [1.54, 1.807) is 42.5 Å². The zero-order valence-corrected chi connectivity index (χ0v) is 17.3. The van der Waals surface area contributed by atoms with E-state index in [9.17, 15) is 22.8 Å². The number of benzene rings is 3. The third-order valence-corrected chi connectivity index (χ3v) is 5.84. The lowest BCUT2D eigenvalue weighted by Crippen LogP contribution is -2.22. The van der Waals surface area contributed by atoms with E-state index >= 15 is 0 Å². The maximum atomic E-state index is 12.8. The molecule has 4 rings (SSSR count). The van der Waals surface area contributed by atoms with Gasteiger partial charge in [0.25, 0.3) is 5.91 Å². The van der Waals surface area contributed by atoms with Crippen molar-refractivity contribution in [1.82, 2.24) is 10.3 Å². The van der Waals surface area contributed by atoms with Gasteiger partial charge in [0.1, 0.15) is 5.01 Å². The zero-order valence-electron chi connectivity index (χ0n) is 16.4. The van der Waals surface area contributed by atoms with E-state index in [2.05, 4.69) is 10.3 Å². The predicted molar refractivity (Wildman–Crippen MR) is 116 cm³/mol. The van der Waals surface area contributed by atoms with Crippen LogP contribution >= 0.6 is 11.3 Å². The quantitative estimate of drug-likeness (QED) is 0.444. The van der Waals surface area contributed by atoms with Crippen LogP contribution in [-0.4, -0.2) is 16.8 Å². The van der Waals surface area contributed by atoms with Gasteiger partial charge in [0.05, 0.1) is 15.8 Å². The molecule has 0 aliphatic carbocycles. The highest BCUT2D eigenvalue weighted by Gasteiger charge is 2.30. The van der Waals surface area contributed by atoms with E-state index in [1.807, 2.05) is 0 Å². The van der Waals surface area contributed by atoms with Gasteiger partial charge in [-0.3, -0.25) is 9.59 Å². The van der Waals surface area contributed by atoms with Gasteiger partial charge in [0.15, 0.2) is 0 Å². The van der Waals surface area contributed by atoms with Gasteiger partial charge in [-0.15, -0.1) is 11.3 Å². The minimum absolute atomic E-state index is 0.0268. The van der Waals surface area contributed by atoms with Crippen LogP contribution in [0, 0.1) is 0 Å². The molecule has 0 saturated heterocycles. The highest BCUT2D eigenvalue weighted by molar-refractivity contribution is 7.21. The first-order valence-corrected chi connectivity index (χ1v) is 10.3. The normalized spacial score (nSPS) is 11.5. The Morgan fingerprint density at radius 1 is 0.969 bits per heavy atom. The molecule has 0 bridgehead atoms. The fourth-order valence-electron chi connectivity index (χ4n) is 3.11. The molecule has 0 atom stereocenters. The van der Waals surface area contributed by atoms with Gasteiger partial charge in [0.2, 0.25) is 5.91 Å². The maximum absolute atomic E-state index is 12.8. The first-order chi connectivity index (χ1) is 15.2. The second kappa shape index (κ2) is 8.43. The first-order valence-electron chi connectivity index (χ1n) is 9.46. The molecule has 162 valence electrons. The van der Waals surface area contributed by atoms with Gasteiger partial charge in [-0.1, -0.05) is 24.3 Å². The van der Waals surface area contributed by atoms with Crippen LogP contribution in [0.5, 0.6) is 0 Å². The summed E-state index contributed by atoms with van der Waals surface area (Å²) in [5.41, 5.74) is 7.15. The fourth-order valence-corrected chi connectivity index (χ4v) is 4.12. The first kappa shape index (κ1) is 21.5. The zero-order chi connectivity index (χ0) is 22.9. The number of hydrogen-bond donors (Lipinski definition) is 2. The van der Waals surface area contributed by atoms with Crippen molar-refractivity contribution in [3.63, 3.8) is 0 Å². The summed E-state index contributed by atoms with van der Waals surface area (Å²) in [5, 5.41) is 3.37. The minimum Gasteiger partial charge on any atom is -0.366 e. The molecular formula is C23H16F3N3O2S.